The number of fused-ring (bicyclic) bond motifs is 1. The Kier molecular flexibility index (Phi) is 7.09. The molecule has 0 saturated heterocycles. The molecule has 0 aromatic heterocycles. The third kappa shape index (κ3) is 4.51. The fourth-order valence-corrected chi connectivity index (χ4v) is 8.39. The minimum absolute atomic E-state index is 0.426. The van der Waals surface area contributed by atoms with Gasteiger partial charge in [0, 0.05) is 37.3 Å². The lowest BCUT2D eigenvalue weighted by Crippen LogP contribution is -2.66. The highest BCUT2D eigenvalue weighted by Gasteiger charge is 2.47. The summed E-state index contributed by atoms with van der Waals surface area (Å²) in [5.41, 5.74) is 0.964. The Bertz CT molecular complexity index is 964. The molecule has 6 nitrogen and oxygen atoms in total. The summed E-state index contributed by atoms with van der Waals surface area (Å²) in [6.45, 7) is 0.879. The summed E-state index contributed by atoms with van der Waals surface area (Å²) < 4.78 is 35.5. The molecular formula is C24H28O6Si2. The van der Waals surface area contributed by atoms with Gasteiger partial charge in [-0.25, -0.2) is 0 Å². The first-order valence-corrected chi connectivity index (χ1v) is 14.2. The number of hydrogen-bond acceptors (Lipinski definition) is 6. The van der Waals surface area contributed by atoms with Gasteiger partial charge in [-0.1, -0.05) is 60.7 Å². The molecule has 1 aliphatic rings. The summed E-state index contributed by atoms with van der Waals surface area (Å²) in [5, 5.41) is 2.16. The van der Waals surface area contributed by atoms with Crippen LogP contribution in [0.2, 0.25) is 6.04 Å². The second-order valence-electron chi connectivity index (χ2n) is 7.40. The maximum absolute atomic E-state index is 6.67. The molecule has 0 amide bonds. The van der Waals surface area contributed by atoms with E-state index in [4.69, 9.17) is 26.9 Å². The van der Waals surface area contributed by atoms with Crippen molar-refractivity contribution in [3.8, 4) is 11.5 Å². The second kappa shape index (κ2) is 9.99. The highest BCUT2D eigenvalue weighted by molar-refractivity contribution is 6.93. The van der Waals surface area contributed by atoms with Gasteiger partial charge >= 0.3 is 17.4 Å². The molecule has 0 N–H and O–H groups in total. The lowest BCUT2D eigenvalue weighted by atomic mass is 10.2. The molecular weight excluding hydrogens is 440 g/mol. The normalized spacial score (nSPS) is 15.0. The minimum Gasteiger partial charge on any atom is -0.514 e. The quantitative estimate of drug-likeness (QED) is 0.450. The fourth-order valence-electron chi connectivity index (χ4n) is 3.84. The Balaban J connectivity index is 1.55. The number of benzene rings is 3. The number of rotatable bonds is 9. The lowest BCUT2D eigenvalue weighted by molar-refractivity contribution is 0.117. The van der Waals surface area contributed by atoms with Gasteiger partial charge in [-0.15, -0.1) is 0 Å². The predicted molar refractivity (Wildman–Crippen MR) is 127 cm³/mol. The molecule has 0 spiro atoms. The van der Waals surface area contributed by atoms with Crippen LogP contribution in [0.1, 0.15) is 5.56 Å². The molecule has 0 unspecified atom stereocenters. The Morgan fingerprint density at radius 2 is 1.41 bits per heavy atom. The van der Waals surface area contributed by atoms with E-state index in [-0.39, 0.29) is 0 Å². The molecule has 0 fully saturated rings. The van der Waals surface area contributed by atoms with E-state index in [1.807, 2.05) is 54.6 Å². The van der Waals surface area contributed by atoms with Crippen molar-refractivity contribution in [1.82, 2.24) is 0 Å². The molecule has 3 aromatic carbocycles. The predicted octanol–water partition coefficient (Wildman–Crippen LogP) is 3.11. The van der Waals surface area contributed by atoms with E-state index in [0.29, 0.717) is 19.3 Å². The molecule has 1 aliphatic heterocycles. The smallest absolute Gasteiger partial charge is 0.503 e. The number of hydrogen-bond donors (Lipinski definition) is 0. The van der Waals surface area contributed by atoms with E-state index >= 15 is 0 Å². The van der Waals surface area contributed by atoms with Gasteiger partial charge in [-0.2, -0.15) is 0 Å². The van der Waals surface area contributed by atoms with Crippen LogP contribution in [0.4, 0.5) is 0 Å². The van der Waals surface area contributed by atoms with E-state index in [0.717, 1.165) is 27.4 Å². The van der Waals surface area contributed by atoms with Gasteiger partial charge in [-0.3, -0.25) is 0 Å². The van der Waals surface area contributed by atoms with E-state index < -0.39 is 17.4 Å². The van der Waals surface area contributed by atoms with Crippen LogP contribution in [0, 0.1) is 0 Å². The molecule has 0 atom stereocenters. The summed E-state index contributed by atoms with van der Waals surface area (Å²) in [6.07, 6.45) is 0. The minimum atomic E-state index is -2.85. The maximum atomic E-state index is 6.67. The van der Waals surface area contributed by atoms with Gasteiger partial charge in [0.15, 0.2) is 0 Å². The van der Waals surface area contributed by atoms with E-state index in [2.05, 4.69) is 24.3 Å². The molecule has 1 heterocycles. The van der Waals surface area contributed by atoms with Gasteiger partial charge in [0.25, 0.3) is 0 Å². The van der Waals surface area contributed by atoms with Crippen molar-refractivity contribution in [1.29, 1.82) is 0 Å². The lowest BCUT2D eigenvalue weighted by Gasteiger charge is -2.36. The van der Waals surface area contributed by atoms with Crippen molar-refractivity contribution in [2.45, 2.75) is 12.7 Å². The Labute approximate surface area is 191 Å². The molecule has 0 saturated carbocycles. The van der Waals surface area contributed by atoms with E-state index in [1.54, 1.807) is 21.3 Å². The Morgan fingerprint density at radius 3 is 1.97 bits per heavy atom. The SMILES string of the molecule is CO[Si](CCOc1ccc2c(c1)CO[Si](c1ccccc1)(c1ccccc1)O2)(OC)OC. The van der Waals surface area contributed by atoms with Crippen LogP contribution in [0.15, 0.2) is 78.9 Å². The third-order valence-electron chi connectivity index (χ3n) is 5.63. The molecule has 8 heteroatoms. The topological polar surface area (TPSA) is 55.4 Å². The molecule has 0 bridgehead atoms. The standard InChI is InChI=1S/C24H28O6Si2/c1-25-31(26-2,27-3)17-16-28-21-14-15-24-20(18-21)19-29-32(30-24,22-10-6-4-7-11-22)23-12-8-5-9-13-23/h4-15,18H,16-17,19H2,1-3H3. The van der Waals surface area contributed by atoms with Crippen molar-refractivity contribution in [3.63, 3.8) is 0 Å². The Hall–Kier alpha value is -2.47. The van der Waals surface area contributed by atoms with E-state index in [1.165, 1.54) is 0 Å². The van der Waals surface area contributed by atoms with E-state index in [9.17, 15) is 0 Å². The highest BCUT2D eigenvalue weighted by atomic mass is 28.4. The van der Waals surface area contributed by atoms with Gasteiger partial charge in [0.1, 0.15) is 11.5 Å². The zero-order chi connectivity index (χ0) is 22.4. The monoisotopic (exact) mass is 468 g/mol. The molecule has 168 valence electrons. The average molecular weight is 469 g/mol. The van der Waals surface area contributed by atoms with Crippen LogP contribution >= 0.6 is 0 Å². The maximum Gasteiger partial charge on any atom is 0.503 e. The zero-order valence-corrected chi connectivity index (χ0v) is 20.6. The van der Waals surface area contributed by atoms with Gasteiger partial charge < -0.3 is 26.9 Å². The first-order chi connectivity index (χ1) is 15.6. The molecule has 0 aliphatic carbocycles. The van der Waals surface area contributed by atoms with Crippen molar-refractivity contribution in [2.75, 3.05) is 27.9 Å². The summed E-state index contributed by atoms with van der Waals surface area (Å²) in [4.78, 5) is 0. The number of ether oxygens (including phenoxy) is 1. The zero-order valence-electron chi connectivity index (χ0n) is 18.6. The largest absolute Gasteiger partial charge is 0.514 e. The van der Waals surface area contributed by atoms with Gasteiger partial charge in [-0.05, 0) is 18.2 Å². The fraction of sp³-hybridized carbons (Fsp3) is 0.250. The van der Waals surface area contributed by atoms with Crippen LogP contribution < -0.4 is 19.5 Å². The Morgan fingerprint density at radius 1 is 0.812 bits per heavy atom. The summed E-state index contributed by atoms with van der Waals surface area (Å²) in [5.74, 6) is 1.58. The van der Waals surface area contributed by atoms with Crippen LogP contribution in [-0.2, 0) is 24.3 Å². The van der Waals surface area contributed by atoms with Crippen LogP contribution in [0.3, 0.4) is 0 Å². The summed E-state index contributed by atoms with van der Waals surface area (Å²) >= 11 is 0. The molecule has 4 rings (SSSR count). The van der Waals surface area contributed by atoms with Crippen molar-refractivity contribution in [2.24, 2.45) is 0 Å². The average Bonchev–Trinajstić information content (AvgIpc) is 2.87. The van der Waals surface area contributed by atoms with Crippen LogP contribution in [-0.4, -0.2) is 45.3 Å². The van der Waals surface area contributed by atoms with Crippen molar-refractivity contribution < 1.29 is 26.9 Å². The second-order valence-corrected chi connectivity index (χ2v) is 13.4. The summed E-state index contributed by atoms with van der Waals surface area (Å²) in [7, 11) is -0.717. The van der Waals surface area contributed by atoms with Crippen molar-refractivity contribution in [3.05, 3.63) is 84.4 Å². The summed E-state index contributed by atoms with van der Waals surface area (Å²) in [6, 6.07) is 26.9. The highest BCUT2D eigenvalue weighted by Crippen LogP contribution is 2.32. The van der Waals surface area contributed by atoms with Gasteiger partial charge in [0.2, 0.25) is 0 Å². The third-order valence-corrected chi connectivity index (χ3v) is 11.6. The van der Waals surface area contributed by atoms with Crippen molar-refractivity contribution >= 4 is 27.7 Å². The molecule has 0 radical (unpaired) electrons. The van der Waals surface area contributed by atoms with Crippen LogP contribution in [0.5, 0.6) is 11.5 Å². The first-order valence-electron chi connectivity index (χ1n) is 10.5. The molecule has 3 aromatic rings. The van der Waals surface area contributed by atoms with Crippen LogP contribution in [0.25, 0.3) is 0 Å². The molecule has 32 heavy (non-hydrogen) atoms. The first kappa shape index (κ1) is 22.7. The van der Waals surface area contributed by atoms with Gasteiger partial charge in [0.05, 0.1) is 19.3 Å².